The molecule has 2 fully saturated rings. The van der Waals surface area contributed by atoms with E-state index in [9.17, 15) is 14.3 Å². The van der Waals surface area contributed by atoms with Gasteiger partial charge in [0.25, 0.3) is 0 Å². The van der Waals surface area contributed by atoms with Crippen molar-refractivity contribution in [1.82, 2.24) is 4.90 Å². The summed E-state index contributed by atoms with van der Waals surface area (Å²) in [5, 5.41) is 9.86. The molecule has 21 heavy (non-hydrogen) atoms. The second-order valence-electron chi connectivity index (χ2n) is 6.71. The van der Waals surface area contributed by atoms with Crippen molar-refractivity contribution in [3.8, 4) is 0 Å². The summed E-state index contributed by atoms with van der Waals surface area (Å²) >= 11 is 0. The molecule has 4 heteroatoms. The van der Waals surface area contributed by atoms with Crippen molar-refractivity contribution >= 4 is 5.91 Å². The lowest BCUT2D eigenvalue weighted by molar-refractivity contribution is -0.133. The fourth-order valence-electron chi connectivity index (χ4n) is 4.01. The second kappa shape index (κ2) is 5.41. The average Bonchev–Trinajstić information content (AvgIpc) is 2.77. The fraction of sp³-hybridized carbons (Fsp3) is 0.588. The number of hydrogen-bond acceptors (Lipinski definition) is 2. The van der Waals surface area contributed by atoms with Gasteiger partial charge in [0.15, 0.2) is 0 Å². The maximum atomic E-state index is 13.7. The van der Waals surface area contributed by atoms with Crippen LogP contribution < -0.4 is 0 Å². The van der Waals surface area contributed by atoms with Crippen molar-refractivity contribution in [3.63, 3.8) is 0 Å². The van der Waals surface area contributed by atoms with Crippen LogP contribution in [0.15, 0.2) is 24.3 Å². The van der Waals surface area contributed by atoms with Gasteiger partial charge in [-0.15, -0.1) is 0 Å². The number of likely N-dealkylation sites (tertiary alicyclic amines) is 1. The van der Waals surface area contributed by atoms with Crippen molar-refractivity contribution in [2.75, 3.05) is 6.54 Å². The summed E-state index contributed by atoms with van der Waals surface area (Å²) < 4.78 is 13.7. The third kappa shape index (κ3) is 2.69. The van der Waals surface area contributed by atoms with E-state index in [2.05, 4.69) is 6.92 Å². The third-order valence-electron chi connectivity index (χ3n) is 5.20. The average molecular weight is 291 g/mol. The summed E-state index contributed by atoms with van der Waals surface area (Å²) in [6, 6.07) is 6.66. The summed E-state index contributed by atoms with van der Waals surface area (Å²) in [4.78, 5) is 14.5. The number of aliphatic hydroxyl groups excluding tert-OH is 1. The van der Waals surface area contributed by atoms with E-state index in [1.807, 2.05) is 4.90 Å². The fourth-order valence-corrected chi connectivity index (χ4v) is 4.01. The van der Waals surface area contributed by atoms with Crippen LogP contribution in [0.4, 0.5) is 4.39 Å². The van der Waals surface area contributed by atoms with Crippen LogP contribution in [0.25, 0.3) is 0 Å². The van der Waals surface area contributed by atoms with Crippen molar-refractivity contribution in [1.29, 1.82) is 0 Å². The van der Waals surface area contributed by atoms with Gasteiger partial charge in [0.05, 0.1) is 12.5 Å². The SMILES string of the molecule is C[C@@]12CCN(C(=O)Cc3ccccc3F)[C@@H]1CC[C@@H](O)C2. The first-order chi connectivity index (χ1) is 9.99. The zero-order chi connectivity index (χ0) is 15.0. The van der Waals surface area contributed by atoms with E-state index in [0.29, 0.717) is 5.56 Å². The Bertz CT molecular complexity index is 547. The van der Waals surface area contributed by atoms with Gasteiger partial charge in [-0.1, -0.05) is 25.1 Å². The largest absolute Gasteiger partial charge is 0.393 e. The molecule has 1 aliphatic heterocycles. The lowest BCUT2D eigenvalue weighted by atomic mass is 9.71. The molecular weight excluding hydrogens is 269 g/mol. The van der Waals surface area contributed by atoms with E-state index in [4.69, 9.17) is 0 Å². The summed E-state index contributed by atoms with van der Waals surface area (Å²) in [5.41, 5.74) is 0.481. The molecule has 3 nitrogen and oxygen atoms in total. The van der Waals surface area contributed by atoms with Crippen LogP contribution in [0.3, 0.4) is 0 Å². The molecule has 1 aromatic carbocycles. The number of nitrogens with zero attached hydrogens (tertiary/aromatic N) is 1. The molecule has 2 aliphatic rings. The molecule has 0 bridgehead atoms. The molecule has 1 N–H and O–H groups in total. The van der Waals surface area contributed by atoms with Gasteiger partial charge < -0.3 is 10.0 Å². The van der Waals surface area contributed by atoms with Crippen LogP contribution in [-0.2, 0) is 11.2 Å². The topological polar surface area (TPSA) is 40.5 Å². The first-order valence-corrected chi connectivity index (χ1v) is 7.70. The van der Waals surface area contributed by atoms with Crippen LogP contribution in [0.5, 0.6) is 0 Å². The number of benzene rings is 1. The Morgan fingerprint density at radius 2 is 2.19 bits per heavy atom. The number of fused-ring (bicyclic) bond motifs is 1. The minimum atomic E-state index is -0.313. The molecule has 0 unspecified atom stereocenters. The van der Waals surface area contributed by atoms with Gasteiger partial charge in [0.1, 0.15) is 5.82 Å². The van der Waals surface area contributed by atoms with E-state index in [-0.39, 0.29) is 35.7 Å². The molecule has 3 atom stereocenters. The normalized spacial score (nSPS) is 32.0. The minimum absolute atomic E-state index is 0.00483. The van der Waals surface area contributed by atoms with Crippen molar-refractivity contribution in [2.24, 2.45) is 5.41 Å². The smallest absolute Gasteiger partial charge is 0.227 e. The summed E-state index contributed by atoms with van der Waals surface area (Å²) in [5.74, 6) is -0.308. The monoisotopic (exact) mass is 291 g/mol. The van der Waals surface area contributed by atoms with E-state index in [1.165, 1.54) is 6.07 Å². The molecular formula is C17H22FNO2. The molecule has 1 saturated heterocycles. The summed E-state index contributed by atoms with van der Waals surface area (Å²) in [7, 11) is 0. The Balaban J connectivity index is 1.73. The van der Waals surface area contributed by atoms with E-state index >= 15 is 0 Å². The lowest BCUT2D eigenvalue weighted by Crippen LogP contribution is -2.46. The van der Waals surface area contributed by atoms with Crippen molar-refractivity contribution in [2.45, 2.75) is 51.2 Å². The predicted octanol–water partition coefficient (Wildman–Crippen LogP) is 2.52. The molecule has 1 aliphatic carbocycles. The Hall–Kier alpha value is -1.42. The molecule has 0 aromatic heterocycles. The Labute approximate surface area is 124 Å². The Morgan fingerprint density at radius 3 is 2.95 bits per heavy atom. The number of carbonyl (C=O) groups excluding carboxylic acids is 1. The van der Waals surface area contributed by atoms with Gasteiger partial charge in [-0.25, -0.2) is 4.39 Å². The Kier molecular flexibility index (Phi) is 3.74. The minimum Gasteiger partial charge on any atom is -0.393 e. The number of halogens is 1. The van der Waals surface area contributed by atoms with E-state index in [1.54, 1.807) is 18.2 Å². The third-order valence-corrected chi connectivity index (χ3v) is 5.20. The highest BCUT2D eigenvalue weighted by Crippen LogP contribution is 2.46. The molecule has 0 spiro atoms. The zero-order valence-corrected chi connectivity index (χ0v) is 12.4. The van der Waals surface area contributed by atoms with Crippen LogP contribution in [0.1, 0.15) is 38.2 Å². The zero-order valence-electron chi connectivity index (χ0n) is 12.4. The van der Waals surface area contributed by atoms with Gasteiger partial charge in [-0.05, 0) is 42.7 Å². The highest BCUT2D eigenvalue weighted by atomic mass is 19.1. The van der Waals surface area contributed by atoms with Crippen LogP contribution in [0.2, 0.25) is 0 Å². The van der Waals surface area contributed by atoms with Crippen molar-refractivity contribution < 1.29 is 14.3 Å². The lowest BCUT2D eigenvalue weighted by Gasteiger charge is -2.41. The summed E-state index contributed by atoms with van der Waals surface area (Å²) in [6.07, 6.45) is 3.18. The molecule has 0 radical (unpaired) electrons. The Morgan fingerprint density at radius 1 is 1.43 bits per heavy atom. The molecule has 3 rings (SSSR count). The number of hydrogen-bond donors (Lipinski definition) is 1. The molecule has 114 valence electrons. The number of amides is 1. The molecule has 1 heterocycles. The number of aliphatic hydroxyl groups is 1. The maximum absolute atomic E-state index is 13.7. The van der Waals surface area contributed by atoms with Crippen LogP contribution in [-0.4, -0.2) is 34.6 Å². The van der Waals surface area contributed by atoms with Crippen molar-refractivity contribution in [3.05, 3.63) is 35.6 Å². The molecule has 1 aromatic rings. The predicted molar refractivity (Wildman–Crippen MR) is 78.2 cm³/mol. The number of rotatable bonds is 2. The van der Waals surface area contributed by atoms with Gasteiger partial charge in [-0.2, -0.15) is 0 Å². The van der Waals surface area contributed by atoms with E-state index < -0.39 is 0 Å². The first-order valence-electron chi connectivity index (χ1n) is 7.70. The van der Waals surface area contributed by atoms with Gasteiger partial charge >= 0.3 is 0 Å². The highest BCUT2D eigenvalue weighted by Gasteiger charge is 2.48. The first kappa shape index (κ1) is 14.5. The second-order valence-corrected chi connectivity index (χ2v) is 6.71. The van der Waals surface area contributed by atoms with Gasteiger partial charge in [-0.3, -0.25) is 4.79 Å². The molecule has 1 amide bonds. The molecule has 1 saturated carbocycles. The standard InChI is InChI=1S/C17H22FNO2/c1-17-8-9-19(15(17)7-6-13(20)11-17)16(21)10-12-4-2-3-5-14(12)18/h2-5,13,15,20H,6-11H2,1H3/t13-,15-,17+/m1/s1. The number of carbonyl (C=O) groups is 1. The van der Waals surface area contributed by atoms with Gasteiger partial charge in [0.2, 0.25) is 5.91 Å². The van der Waals surface area contributed by atoms with Gasteiger partial charge in [0, 0.05) is 12.6 Å². The maximum Gasteiger partial charge on any atom is 0.227 e. The van der Waals surface area contributed by atoms with Crippen LogP contribution in [0, 0.1) is 11.2 Å². The highest BCUT2D eigenvalue weighted by molar-refractivity contribution is 5.79. The van der Waals surface area contributed by atoms with Crippen LogP contribution >= 0.6 is 0 Å². The quantitative estimate of drug-likeness (QED) is 0.909. The summed E-state index contributed by atoms with van der Waals surface area (Å²) in [6.45, 7) is 2.89. The van der Waals surface area contributed by atoms with E-state index in [0.717, 1.165) is 32.2 Å².